The molecule has 2 N–H and O–H groups in total. The van der Waals surface area contributed by atoms with Crippen LogP contribution in [0.4, 0.5) is 16.2 Å². The van der Waals surface area contributed by atoms with Gasteiger partial charge >= 0.3 is 12.0 Å². The number of amides is 2. The first-order valence-electron chi connectivity index (χ1n) is 11.2. The molecule has 0 aliphatic heterocycles. The van der Waals surface area contributed by atoms with Gasteiger partial charge in [-0.05, 0) is 62.9 Å². The number of para-hydroxylation sites is 1. The van der Waals surface area contributed by atoms with E-state index in [1.807, 2.05) is 54.2 Å². The average molecular weight is 467 g/mol. The zero-order chi connectivity index (χ0) is 23.2. The van der Waals surface area contributed by atoms with Crippen LogP contribution in [-0.2, 0) is 9.53 Å². The van der Waals surface area contributed by atoms with Crippen LogP contribution >= 0.6 is 11.6 Å². The van der Waals surface area contributed by atoms with Gasteiger partial charge in [-0.15, -0.1) is 0 Å². The Morgan fingerprint density at radius 3 is 2.45 bits per heavy atom. The summed E-state index contributed by atoms with van der Waals surface area (Å²) >= 11 is 6.08. The first-order valence-corrected chi connectivity index (χ1v) is 11.6. The van der Waals surface area contributed by atoms with Gasteiger partial charge in [-0.1, -0.05) is 35.9 Å². The molecular formula is C25H27ClN4O3. The van der Waals surface area contributed by atoms with Crippen molar-refractivity contribution in [3.63, 3.8) is 0 Å². The summed E-state index contributed by atoms with van der Waals surface area (Å²) in [6, 6.07) is 16.5. The molecule has 8 heteroatoms. The summed E-state index contributed by atoms with van der Waals surface area (Å²) < 4.78 is 7.16. The number of hydrogen-bond donors (Lipinski definition) is 2. The van der Waals surface area contributed by atoms with Crippen LogP contribution in [0, 0.1) is 5.92 Å². The lowest BCUT2D eigenvalue weighted by molar-refractivity contribution is -0.149. The van der Waals surface area contributed by atoms with Crippen LogP contribution in [-0.4, -0.2) is 28.4 Å². The first-order chi connectivity index (χ1) is 16.0. The molecule has 0 unspecified atom stereocenters. The molecule has 7 nitrogen and oxygen atoms in total. The van der Waals surface area contributed by atoms with E-state index in [2.05, 4.69) is 10.6 Å². The van der Waals surface area contributed by atoms with E-state index in [-0.39, 0.29) is 17.9 Å². The van der Waals surface area contributed by atoms with Crippen molar-refractivity contribution in [2.75, 3.05) is 17.2 Å². The Bertz CT molecular complexity index is 1100. The fraction of sp³-hybridized carbons (Fsp3) is 0.320. The molecule has 0 atom stereocenters. The molecule has 1 fully saturated rings. The van der Waals surface area contributed by atoms with Crippen LogP contribution in [0.15, 0.2) is 60.8 Å². The average Bonchev–Trinajstić information content (AvgIpc) is 3.32. The van der Waals surface area contributed by atoms with E-state index in [0.717, 1.165) is 36.9 Å². The molecule has 0 saturated heterocycles. The standard InChI is InChI=1S/C25H27ClN4O3/c1-2-33-24(31)18-9-13-20(14-10-18)30-16-15-22(29-30)17-7-11-19(12-8-17)27-25(32)28-23-6-4-3-5-21(23)26/h3-8,11-12,15-16,18,20H,2,9-10,13-14H2,1H3,(H2,27,28,32). The molecule has 0 spiro atoms. The summed E-state index contributed by atoms with van der Waals surface area (Å²) in [5.41, 5.74) is 3.05. The van der Waals surface area contributed by atoms with Crippen molar-refractivity contribution in [3.8, 4) is 11.3 Å². The Kier molecular flexibility index (Phi) is 7.29. The number of ether oxygens (including phenoxy) is 1. The summed E-state index contributed by atoms with van der Waals surface area (Å²) in [4.78, 5) is 24.2. The summed E-state index contributed by atoms with van der Waals surface area (Å²) in [5.74, 6) is -0.0715. The molecule has 33 heavy (non-hydrogen) atoms. The number of rotatable bonds is 6. The Morgan fingerprint density at radius 1 is 1.03 bits per heavy atom. The largest absolute Gasteiger partial charge is 0.466 e. The monoisotopic (exact) mass is 466 g/mol. The van der Waals surface area contributed by atoms with Crippen molar-refractivity contribution in [1.29, 1.82) is 0 Å². The molecule has 1 aliphatic rings. The highest BCUT2D eigenvalue weighted by atomic mass is 35.5. The fourth-order valence-electron chi connectivity index (χ4n) is 4.10. The molecule has 0 bridgehead atoms. The van der Waals surface area contributed by atoms with Gasteiger partial charge in [0.2, 0.25) is 0 Å². The minimum absolute atomic E-state index is 0.00592. The van der Waals surface area contributed by atoms with Crippen LogP contribution in [0.25, 0.3) is 11.3 Å². The minimum Gasteiger partial charge on any atom is -0.466 e. The van der Waals surface area contributed by atoms with Crippen molar-refractivity contribution < 1.29 is 14.3 Å². The second kappa shape index (κ2) is 10.5. The quantitative estimate of drug-likeness (QED) is 0.427. The maximum Gasteiger partial charge on any atom is 0.323 e. The number of anilines is 2. The van der Waals surface area contributed by atoms with E-state index < -0.39 is 0 Å². The van der Waals surface area contributed by atoms with Crippen molar-refractivity contribution in [2.45, 2.75) is 38.6 Å². The number of nitrogens with zero attached hydrogens (tertiary/aromatic N) is 2. The van der Waals surface area contributed by atoms with Gasteiger partial charge in [0.1, 0.15) is 0 Å². The number of halogens is 1. The van der Waals surface area contributed by atoms with Gasteiger partial charge in [0.15, 0.2) is 0 Å². The van der Waals surface area contributed by atoms with Crippen LogP contribution in [0.1, 0.15) is 38.6 Å². The SMILES string of the molecule is CCOC(=O)C1CCC(n2ccc(-c3ccc(NC(=O)Nc4ccccc4Cl)cc3)n2)CC1. The van der Waals surface area contributed by atoms with Gasteiger partial charge < -0.3 is 15.4 Å². The van der Waals surface area contributed by atoms with E-state index in [1.165, 1.54) is 0 Å². The summed E-state index contributed by atoms with van der Waals surface area (Å²) in [6.45, 7) is 2.27. The Morgan fingerprint density at radius 2 is 1.76 bits per heavy atom. The first kappa shape index (κ1) is 22.9. The predicted molar refractivity (Wildman–Crippen MR) is 129 cm³/mol. The maximum atomic E-state index is 12.2. The lowest BCUT2D eigenvalue weighted by Crippen LogP contribution is -2.25. The van der Waals surface area contributed by atoms with Crippen molar-refractivity contribution in [3.05, 3.63) is 65.8 Å². The number of carbonyl (C=O) groups excluding carboxylic acids is 2. The second-order valence-corrected chi connectivity index (χ2v) is 8.48. The van der Waals surface area contributed by atoms with Gasteiger partial charge in [0.25, 0.3) is 0 Å². The highest BCUT2D eigenvalue weighted by molar-refractivity contribution is 6.33. The molecular weight excluding hydrogens is 440 g/mol. The van der Waals surface area contributed by atoms with Crippen molar-refractivity contribution in [2.24, 2.45) is 5.92 Å². The molecule has 2 amide bonds. The minimum atomic E-state index is -0.362. The molecule has 4 rings (SSSR count). The van der Waals surface area contributed by atoms with Crippen molar-refractivity contribution in [1.82, 2.24) is 9.78 Å². The third-order valence-corrected chi connectivity index (χ3v) is 6.19. The highest BCUT2D eigenvalue weighted by Crippen LogP contribution is 2.33. The van der Waals surface area contributed by atoms with E-state index >= 15 is 0 Å². The number of benzene rings is 2. The lowest BCUT2D eigenvalue weighted by atomic mass is 9.86. The number of nitrogens with one attached hydrogen (secondary N) is 2. The number of esters is 1. The Labute approximate surface area is 198 Å². The number of hydrogen-bond acceptors (Lipinski definition) is 4. The smallest absolute Gasteiger partial charge is 0.323 e. The molecule has 2 aromatic carbocycles. The van der Waals surface area contributed by atoms with Crippen LogP contribution in [0.5, 0.6) is 0 Å². The van der Waals surface area contributed by atoms with Crippen LogP contribution < -0.4 is 10.6 Å². The number of aromatic nitrogens is 2. The van der Waals surface area contributed by atoms with Gasteiger partial charge in [-0.2, -0.15) is 5.10 Å². The van der Waals surface area contributed by atoms with Gasteiger partial charge in [-0.25, -0.2) is 4.79 Å². The molecule has 1 aliphatic carbocycles. The lowest BCUT2D eigenvalue weighted by Gasteiger charge is -2.27. The van der Waals surface area contributed by atoms with Crippen LogP contribution in [0.3, 0.4) is 0 Å². The van der Waals surface area contributed by atoms with Crippen LogP contribution in [0.2, 0.25) is 5.02 Å². The number of carbonyl (C=O) groups is 2. The molecule has 0 radical (unpaired) electrons. The van der Waals surface area contributed by atoms with Gasteiger partial charge in [0.05, 0.1) is 35.0 Å². The normalized spacial score (nSPS) is 17.9. The van der Waals surface area contributed by atoms with E-state index in [9.17, 15) is 9.59 Å². The molecule has 3 aromatic rings. The van der Waals surface area contributed by atoms with Gasteiger partial charge in [0, 0.05) is 17.4 Å². The maximum absolute atomic E-state index is 12.2. The molecule has 172 valence electrons. The third-order valence-electron chi connectivity index (χ3n) is 5.86. The zero-order valence-electron chi connectivity index (χ0n) is 18.5. The third kappa shape index (κ3) is 5.73. The number of urea groups is 1. The predicted octanol–water partition coefficient (Wildman–Crippen LogP) is 6.14. The zero-order valence-corrected chi connectivity index (χ0v) is 19.2. The highest BCUT2D eigenvalue weighted by Gasteiger charge is 2.28. The Balaban J connectivity index is 1.33. The van der Waals surface area contributed by atoms with Crippen molar-refractivity contribution >= 4 is 35.0 Å². The van der Waals surface area contributed by atoms with E-state index in [4.69, 9.17) is 21.4 Å². The molecule has 1 saturated carbocycles. The molecule has 1 heterocycles. The fourth-order valence-corrected chi connectivity index (χ4v) is 4.29. The van der Waals surface area contributed by atoms with E-state index in [1.54, 1.807) is 18.2 Å². The second-order valence-electron chi connectivity index (χ2n) is 8.07. The molecule has 1 aromatic heterocycles. The summed E-state index contributed by atoms with van der Waals surface area (Å²) in [7, 11) is 0. The van der Waals surface area contributed by atoms with Gasteiger partial charge in [-0.3, -0.25) is 9.48 Å². The van der Waals surface area contributed by atoms with E-state index in [0.29, 0.717) is 29.0 Å². The summed E-state index contributed by atoms with van der Waals surface area (Å²) in [6.07, 6.45) is 5.47. The topological polar surface area (TPSA) is 85.2 Å². The summed E-state index contributed by atoms with van der Waals surface area (Å²) in [5, 5.41) is 10.8. The Hall–Kier alpha value is -3.32.